The van der Waals surface area contributed by atoms with E-state index in [1.54, 1.807) is 0 Å². The number of amides is 1. The average molecular weight is 283 g/mol. The molecule has 0 radical (unpaired) electrons. The average Bonchev–Trinajstić information content (AvgIpc) is 2.84. The van der Waals surface area contributed by atoms with Crippen LogP contribution in [-0.2, 0) is 17.6 Å². The van der Waals surface area contributed by atoms with E-state index >= 15 is 0 Å². The van der Waals surface area contributed by atoms with E-state index in [-0.39, 0.29) is 5.91 Å². The molecule has 3 rings (SSSR count). The molecule has 2 aromatic rings. The van der Waals surface area contributed by atoms with E-state index in [9.17, 15) is 4.79 Å². The minimum Gasteiger partial charge on any atom is -0.493 e. The molecule has 0 saturated heterocycles. The Balaban J connectivity index is 1.69. The first-order chi connectivity index (χ1) is 10.1. The summed E-state index contributed by atoms with van der Waals surface area (Å²) < 4.78 is 5.46. The highest BCUT2D eigenvalue weighted by Crippen LogP contribution is 2.26. The number of hydrogen-bond acceptors (Lipinski definition) is 4. The summed E-state index contributed by atoms with van der Waals surface area (Å²) in [7, 11) is 0. The van der Waals surface area contributed by atoms with Gasteiger partial charge in [-0.15, -0.1) is 0 Å². The minimum absolute atomic E-state index is 0.112. The molecule has 1 N–H and O–H groups in total. The number of nitrogens with one attached hydrogen (secondary N) is 1. The Bertz CT molecular complexity index is 678. The molecule has 0 fully saturated rings. The lowest BCUT2D eigenvalue weighted by Gasteiger charge is -2.06. The van der Waals surface area contributed by atoms with Gasteiger partial charge in [0.05, 0.1) is 13.0 Å². The molecule has 0 spiro atoms. The van der Waals surface area contributed by atoms with Crippen LogP contribution in [0.5, 0.6) is 5.75 Å². The number of nitrogens with zero attached hydrogens (tertiary/aromatic N) is 2. The first-order valence-electron chi connectivity index (χ1n) is 6.97. The second-order valence-electron chi connectivity index (χ2n) is 5.24. The number of rotatable bonds is 3. The molecule has 0 aliphatic carbocycles. The molecule has 5 nitrogen and oxygen atoms in total. The molecule has 5 heteroatoms. The number of aryl methyl sites for hydroxylation is 2. The predicted octanol–water partition coefficient (Wildman–Crippen LogP) is 2.21. The van der Waals surface area contributed by atoms with Gasteiger partial charge in [0.2, 0.25) is 11.9 Å². The molecule has 0 saturated carbocycles. The first-order valence-corrected chi connectivity index (χ1v) is 6.97. The molecule has 0 unspecified atom stereocenters. The van der Waals surface area contributed by atoms with Gasteiger partial charge in [-0.2, -0.15) is 0 Å². The van der Waals surface area contributed by atoms with Gasteiger partial charge in [0.25, 0.3) is 0 Å². The molecular formula is C16H17N3O2. The van der Waals surface area contributed by atoms with Crippen molar-refractivity contribution in [2.45, 2.75) is 26.7 Å². The van der Waals surface area contributed by atoms with Crippen molar-refractivity contribution in [3.63, 3.8) is 0 Å². The Morgan fingerprint density at radius 3 is 2.76 bits per heavy atom. The predicted molar refractivity (Wildman–Crippen MR) is 79.5 cm³/mol. The van der Waals surface area contributed by atoms with Crippen molar-refractivity contribution >= 4 is 11.9 Å². The van der Waals surface area contributed by atoms with Gasteiger partial charge in [0, 0.05) is 17.8 Å². The lowest BCUT2D eigenvalue weighted by atomic mass is 10.1. The van der Waals surface area contributed by atoms with E-state index in [1.807, 2.05) is 38.1 Å². The number of ether oxygens (including phenoxy) is 1. The van der Waals surface area contributed by atoms with E-state index in [1.165, 1.54) is 5.56 Å². The highest BCUT2D eigenvalue weighted by molar-refractivity contribution is 5.90. The lowest BCUT2D eigenvalue weighted by Crippen LogP contribution is -2.17. The van der Waals surface area contributed by atoms with Crippen molar-refractivity contribution in [3.8, 4) is 5.75 Å². The maximum absolute atomic E-state index is 12.1. The molecule has 0 atom stereocenters. The molecule has 1 aliphatic heterocycles. The van der Waals surface area contributed by atoms with Crippen LogP contribution in [0.4, 0.5) is 5.95 Å². The molecule has 108 valence electrons. The van der Waals surface area contributed by atoms with Gasteiger partial charge in [-0.25, -0.2) is 9.97 Å². The monoisotopic (exact) mass is 283 g/mol. The Morgan fingerprint density at radius 1 is 1.24 bits per heavy atom. The molecule has 2 heterocycles. The normalized spacial score (nSPS) is 12.7. The van der Waals surface area contributed by atoms with Crippen LogP contribution in [0.2, 0.25) is 0 Å². The molecule has 0 bridgehead atoms. The van der Waals surface area contributed by atoms with Gasteiger partial charge >= 0.3 is 0 Å². The summed E-state index contributed by atoms with van der Waals surface area (Å²) in [5.41, 5.74) is 3.82. The molecular weight excluding hydrogens is 266 g/mol. The molecule has 1 aromatic heterocycles. The zero-order chi connectivity index (χ0) is 14.8. The Labute approximate surface area is 123 Å². The van der Waals surface area contributed by atoms with Crippen molar-refractivity contribution in [2.75, 3.05) is 11.9 Å². The third kappa shape index (κ3) is 3.18. The van der Waals surface area contributed by atoms with Crippen molar-refractivity contribution < 1.29 is 9.53 Å². The summed E-state index contributed by atoms with van der Waals surface area (Å²) in [5.74, 6) is 1.18. The highest BCUT2D eigenvalue weighted by Gasteiger charge is 2.13. The zero-order valence-corrected chi connectivity index (χ0v) is 12.1. The lowest BCUT2D eigenvalue weighted by molar-refractivity contribution is -0.115. The molecule has 21 heavy (non-hydrogen) atoms. The van der Waals surface area contributed by atoms with Gasteiger partial charge in [-0.1, -0.05) is 12.1 Å². The van der Waals surface area contributed by atoms with E-state index in [0.29, 0.717) is 12.4 Å². The summed E-state index contributed by atoms with van der Waals surface area (Å²) >= 11 is 0. The number of carbonyl (C=O) groups is 1. The van der Waals surface area contributed by atoms with Crippen LogP contribution < -0.4 is 10.1 Å². The quantitative estimate of drug-likeness (QED) is 0.938. The van der Waals surface area contributed by atoms with Crippen LogP contribution >= 0.6 is 0 Å². The third-order valence-corrected chi connectivity index (χ3v) is 3.35. The number of anilines is 1. The minimum atomic E-state index is -0.112. The fourth-order valence-electron chi connectivity index (χ4n) is 2.49. The number of hydrogen-bond donors (Lipinski definition) is 1. The zero-order valence-electron chi connectivity index (χ0n) is 12.1. The summed E-state index contributed by atoms with van der Waals surface area (Å²) in [5, 5.41) is 2.75. The van der Waals surface area contributed by atoms with Gasteiger partial charge in [0.15, 0.2) is 0 Å². The Kier molecular flexibility index (Phi) is 3.56. The van der Waals surface area contributed by atoms with Crippen LogP contribution in [0, 0.1) is 13.8 Å². The molecule has 1 aromatic carbocycles. The van der Waals surface area contributed by atoms with Gasteiger partial charge in [-0.3, -0.25) is 10.1 Å². The van der Waals surface area contributed by atoms with E-state index in [0.717, 1.165) is 35.7 Å². The van der Waals surface area contributed by atoms with E-state index in [4.69, 9.17) is 4.74 Å². The summed E-state index contributed by atoms with van der Waals surface area (Å²) in [6.07, 6.45) is 1.22. The van der Waals surface area contributed by atoms with Crippen LogP contribution in [0.1, 0.15) is 22.5 Å². The van der Waals surface area contributed by atoms with Gasteiger partial charge < -0.3 is 4.74 Å². The summed E-state index contributed by atoms with van der Waals surface area (Å²) in [6.45, 7) is 4.48. The number of fused-ring (bicyclic) bond motifs is 1. The second-order valence-corrected chi connectivity index (χ2v) is 5.24. The van der Waals surface area contributed by atoms with Crippen molar-refractivity contribution in [2.24, 2.45) is 0 Å². The van der Waals surface area contributed by atoms with E-state index in [2.05, 4.69) is 15.3 Å². The largest absolute Gasteiger partial charge is 0.493 e. The third-order valence-electron chi connectivity index (χ3n) is 3.35. The molecule has 1 aliphatic rings. The van der Waals surface area contributed by atoms with Crippen molar-refractivity contribution in [1.82, 2.24) is 9.97 Å². The fourth-order valence-corrected chi connectivity index (χ4v) is 2.49. The Hall–Kier alpha value is -2.43. The smallest absolute Gasteiger partial charge is 0.231 e. The van der Waals surface area contributed by atoms with E-state index < -0.39 is 0 Å². The van der Waals surface area contributed by atoms with Crippen molar-refractivity contribution in [3.05, 3.63) is 46.8 Å². The SMILES string of the molecule is Cc1cc(C)nc(NC(=O)Cc2ccc3c(c2)CCO3)n1. The van der Waals surface area contributed by atoms with Crippen LogP contribution in [0.3, 0.4) is 0 Å². The van der Waals surface area contributed by atoms with Gasteiger partial charge in [-0.05, 0) is 37.1 Å². The standard InChI is InChI=1S/C16H17N3O2/c1-10-7-11(2)18-16(17-10)19-15(20)9-12-3-4-14-13(8-12)5-6-21-14/h3-4,7-8H,5-6,9H2,1-2H3,(H,17,18,19,20). The Morgan fingerprint density at radius 2 is 2.00 bits per heavy atom. The second kappa shape index (κ2) is 5.52. The van der Waals surface area contributed by atoms with Crippen LogP contribution in [-0.4, -0.2) is 22.5 Å². The van der Waals surface area contributed by atoms with Crippen LogP contribution in [0.25, 0.3) is 0 Å². The first kappa shape index (κ1) is 13.5. The summed E-state index contributed by atoms with van der Waals surface area (Å²) in [6, 6.07) is 7.75. The maximum Gasteiger partial charge on any atom is 0.231 e. The topological polar surface area (TPSA) is 64.1 Å². The summed E-state index contributed by atoms with van der Waals surface area (Å²) in [4.78, 5) is 20.5. The van der Waals surface area contributed by atoms with Crippen molar-refractivity contribution in [1.29, 1.82) is 0 Å². The molecule has 1 amide bonds. The maximum atomic E-state index is 12.1. The van der Waals surface area contributed by atoms with Crippen LogP contribution in [0.15, 0.2) is 24.3 Å². The number of carbonyl (C=O) groups excluding carboxylic acids is 1. The number of benzene rings is 1. The number of aromatic nitrogens is 2. The van der Waals surface area contributed by atoms with Gasteiger partial charge in [0.1, 0.15) is 5.75 Å². The highest BCUT2D eigenvalue weighted by atomic mass is 16.5. The fraction of sp³-hybridized carbons (Fsp3) is 0.312.